The summed E-state index contributed by atoms with van der Waals surface area (Å²) in [4.78, 5) is 24.1. The molecule has 1 aliphatic rings. The molecule has 1 heterocycles. The van der Waals surface area contributed by atoms with Gasteiger partial charge in [-0.05, 0) is 6.92 Å². The number of rotatable bonds is 5. The van der Waals surface area contributed by atoms with Crippen molar-refractivity contribution >= 4 is 11.9 Å². The SMILES string of the molecule is C=CCN1C(=O)C[C@H](OC(C)=O)[C@H]1OCC. The molecule has 90 valence electrons. The van der Waals surface area contributed by atoms with E-state index >= 15 is 0 Å². The molecule has 0 aromatic heterocycles. The van der Waals surface area contributed by atoms with Crippen molar-refractivity contribution in [2.75, 3.05) is 13.2 Å². The molecule has 1 aliphatic heterocycles. The average molecular weight is 227 g/mol. The van der Waals surface area contributed by atoms with E-state index in [1.165, 1.54) is 11.8 Å². The first-order valence-electron chi connectivity index (χ1n) is 5.29. The number of carbonyl (C=O) groups excluding carboxylic acids is 2. The normalized spacial score (nSPS) is 24.6. The number of hydrogen-bond donors (Lipinski definition) is 0. The molecule has 0 radical (unpaired) electrons. The molecule has 0 aliphatic carbocycles. The van der Waals surface area contributed by atoms with Gasteiger partial charge in [0, 0.05) is 20.1 Å². The van der Waals surface area contributed by atoms with Crippen LogP contribution in [-0.4, -0.2) is 42.3 Å². The molecule has 5 heteroatoms. The van der Waals surface area contributed by atoms with Gasteiger partial charge in [0.1, 0.15) is 0 Å². The van der Waals surface area contributed by atoms with Gasteiger partial charge in [-0.2, -0.15) is 0 Å². The number of ether oxygens (including phenoxy) is 2. The van der Waals surface area contributed by atoms with E-state index in [-0.39, 0.29) is 12.3 Å². The maximum Gasteiger partial charge on any atom is 0.303 e. The van der Waals surface area contributed by atoms with Crippen molar-refractivity contribution in [3.63, 3.8) is 0 Å². The van der Waals surface area contributed by atoms with Crippen LogP contribution < -0.4 is 0 Å². The molecule has 0 bridgehead atoms. The highest BCUT2D eigenvalue weighted by molar-refractivity contribution is 5.80. The van der Waals surface area contributed by atoms with Gasteiger partial charge >= 0.3 is 5.97 Å². The Balaban J connectivity index is 2.74. The summed E-state index contributed by atoms with van der Waals surface area (Å²) in [5, 5.41) is 0. The second-order valence-corrected chi connectivity index (χ2v) is 3.53. The standard InChI is InChI=1S/C11H17NO4/c1-4-6-12-10(14)7-9(16-8(3)13)11(12)15-5-2/h4,9,11H,1,5-7H2,2-3H3/t9-,11+/m0/s1. The van der Waals surface area contributed by atoms with Crippen molar-refractivity contribution in [3.8, 4) is 0 Å². The van der Waals surface area contributed by atoms with E-state index in [9.17, 15) is 9.59 Å². The Labute approximate surface area is 95.0 Å². The maximum absolute atomic E-state index is 11.6. The highest BCUT2D eigenvalue weighted by Gasteiger charge is 2.41. The Hall–Kier alpha value is -1.36. The zero-order chi connectivity index (χ0) is 12.1. The van der Waals surface area contributed by atoms with E-state index < -0.39 is 18.3 Å². The molecule has 0 unspecified atom stereocenters. The predicted octanol–water partition coefficient (Wildman–Crippen LogP) is 0.699. The van der Waals surface area contributed by atoms with E-state index in [0.29, 0.717) is 13.2 Å². The third kappa shape index (κ3) is 2.82. The van der Waals surface area contributed by atoms with Crippen LogP contribution in [0.15, 0.2) is 12.7 Å². The fourth-order valence-corrected chi connectivity index (χ4v) is 1.76. The minimum Gasteiger partial charge on any atom is -0.457 e. The van der Waals surface area contributed by atoms with Crippen LogP contribution in [-0.2, 0) is 19.1 Å². The van der Waals surface area contributed by atoms with Gasteiger partial charge in [0.25, 0.3) is 0 Å². The fraction of sp³-hybridized carbons (Fsp3) is 0.636. The van der Waals surface area contributed by atoms with Gasteiger partial charge in [-0.3, -0.25) is 9.59 Å². The van der Waals surface area contributed by atoms with Gasteiger partial charge < -0.3 is 14.4 Å². The summed E-state index contributed by atoms with van der Waals surface area (Å²) in [6.45, 7) is 7.60. The van der Waals surface area contributed by atoms with Crippen LogP contribution in [0.25, 0.3) is 0 Å². The zero-order valence-corrected chi connectivity index (χ0v) is 9.64. The van der Waals surface area contributed by atoms with E-state index in [0.717, 1.165) is 0 Å². The van der Waals surface area contributed by atoms with Crippen molar-refractivity contribution in [2.24, 2.45) is 0 Å². The molecule has 0 saturated carbocycles. The molecule has 1 amide bonds. The monoisotopic (exact) mass is 227 g/mol. The molecule has 0 N–H and O–H groups in total. The van der Waals surface area contributed by atoms with Crippen molar-refractivity contribution in [3.05, 3.63) is 12.7 Å². The quantitative estimate of drug-likeness (QED) is 0.512. The lowest BCUT2D eigenvalue weighted by atomic mass is 10.3. The first kappa shape index (κ1) is 12.7. The first-order valence-corrected chi connectivity index (χ1v) is 5.29. The van der Waals surface area contributed by atoms with Crippen LogP contribution in [0.4, 0.5) is 0 Å². The van der Waals surface area contributed by atoms with Crippen LogP contribution in [0, 0.1) is 0 Å². The molecule has 1 rings (SSSR count). The smallest absolute Gasteiger partial charge is 0.303 e. The summed E-state index contributed by atoms with van der Waals surface area (Å²) >= 11 is 0. The Morgan fingerprint density at radius 1 is 1.69 bits per heavy atom. The number of amides is 1. The Morgan fingerprint density at radius 3 is 2.88 bits per heavy atom. The van der Waals surface area contributed by atoms with E-state index in [4.69, 9.17) is 9.47 Å². The largest absolute Gasteiger partial charge is 0.457 e. The zero-order valence-electron chi connectivity index (χ0n) is 9.64. The van der Waals surface area contributed by atoms with Gasteiger partial charge in [0.2, 0.25) is 5.91 Å². The van der Waals surface area contributed by atoms with Gasteiger partial charge in [-0.25, -0.2) is 0 Å². The van der Waals surface area contributed by atoms with Crippen LogP contribution in [0.3, 0.4) is 0 Å². The lowest BCUT2D eigenvalue weighted by molar-refractivity contribution is -0.160. The third-order valence-electron chi connectivity index (χ3n) is 2.30. The number of esters is 1. The lowest BCUT2D eigenvalue weighted by Gasteiger charge is -2.26. The van der Waals surface area contributed by atoms with E-state index in [1.807, 2.05) is 6.92 Å². The highest BCUT2D eigenvalue weighted by Crippen LogP contribution is 2.23. The summed E-state index contributed by atoms with van der Waals surface area (Å²) in [5.41, 5.74) is 0. The van der Waals surface area contributed by atoms with Gasteiger partial charge in [-0.1, -0.05) is 6.08 Å². The lowest BCUT2D eigenvalue weighted by Crippen LogP contribution is -2.40. The first-order chi connectivity index (χ1) is 7.60. The summed E-state index contributed by atoms with van der Waals surface area (Å²) in [6, 6.07) is 0. The molecular weight excluding hydrogens is 210 g/mol. The van der Waals surface area contributed by atoms with Crippen LogP contribution in [0.2, 0.25) is 0 Å². The molecule has 2 atom stereocenters. The Kier molecular flexibility index (Phi) is 4.49. The number of likely N-dealkylation sites (tertiary alicyclic amines) is 1. The molecule has 0 spiro atoms. The molecule has 0 aromatic rings. The Bertz CT molecular complexity index is 290. The van der Waals surface area contributed by atoms with Gasteiger partial charge in [0.05, 0.1) is 6.42 Å². The molecule has 1 fully saturated rings. The van der Waals surface area contributed by atoms with Crippen LogP contribution in [0.1, 0.15) is 20.3 Å². The van der Waals surface area contributed by atoms with E-state index in [1.54, 1.807) is 6.08 Å². The summed E-state index contributed by atoms with van der Waals surface area (Å²) < 4.78 is 10.5. The van der Waals surface area contributed by atoms with Crippen LogP contribution >= 0.6 is 0 Å². The molecule has 1 saturated heterocycles. The highest BCUT2D eigenvalue weighted by atomic mass is 16.6. The summed E-state index contributed by atoms with van der Waals surface area (Å²) in [5.74, 6) is -0.479. The van der Waals surface area contributed by atoms with Crippen molar-refractivity contribution in [1.29, 1.82) is 0 Å². The fourth-order valence-electron chi connectivity index (χ4n) is 1.76. The number of hydrogen-bond acceptors (Lipinski definition) is 4. The van der Waals surface area contributed by atoms with Crippen LogP contribution in [0.5, 0.6) is 0 Å². The summed E-state index contributed by atoms with van der Waals surface area (Å²) in [7, 11) is 0. The second kappa shape index (κ2) is 5.65. The molecule has 16 heavy (non-hydrogen) atoms. The third-order valence-corrected chi connectivity index (χ3v) is 2.30. The number of nitrogens with zero attached hydrogens (tertiary/aromatic N) is 1. The summed E-state index contributed by atoms with van der Waals surface area (Å²) in [6.07, 6.45) is 0.808. The minimum absolute atomic E-state index is 0.0791. The maximum atomic E-state index is 11.6. The minimum atomic E-state index is -0.509. The van der Waals surface area contributed by atoms with Gasteiger partial charge in [0.15, 0.2) is 12.3 Å². The molecular formula is C11H17NO4. The van der Waals surface area contributed by atoms with E-state index in [2.05, 4.69) is 6.58 Å². The van der Waals surface area contributed by atoms with Crippen molar-refractivity contribution in [1.82, 2.24) is 4.90 Å². The average Bonchev–Trinajstić information content (AvgIpc) is 2.46. The second-order valence-electron chi connectivity index (χ2n) is 3.53. The van der Waals surface area contributed by atoms with Crippen molar-refractivity contribution < 1.29 is 19.1 Å². The predicted molar refractivity (Wildman–Crippen MR) is 57.5 cm³/mol. The van der Waals surface area contributed by atoms with Crippen molar-refractivity contribution in [2.45, 2.75) is 32.6 Å². The number of carbonyl (C=O) groups is 2. The Morgan fingerprint density at radius 2 is 2.38 bits per heavy atom. The molecule has 5 nitrogen and oxygen atoms in total. The molecule has 0 aromatic carbocycles. The van der Waals surface area contributed by atoms with Gasteiger partial charge in [-0.15, -0.1) is 6.58 Å². The topological polar surface area (TPSA) is 55.8 Å².